The lowest BCUT2D eigenvalue weighted by Crippen LogP contribution is -2.01. The van der Waals surface area contributed by atoms with Crippen LogP contribution in [0.3, 0.4) is 0 Å². The van der Waals surface area contributed by atoms with E-state index >= 15 is 0 Å². The lowest BCUT2D eigenvalue weighted by atomic mass is 10.3. The predicted octanol–water partition coefficient (Wildman–Crippen LogP) is 3.80. The molecule has 0 fully saturated rings. The van der Waals surface area contributed by atoms with Crippen molar-refractivity contribution in [1.82, 2.24) is 4.98 Å². The van der Waals surface area contributed by atoms with Crippen molar-refractivity contribution in [3.63, 3.8) is 0 Å². The number of nitrogens with one attached hydrogen (secondary N) is 1. The molecule has 0 amide bonds. The third-order valence-corrected chi connectivity index (χ3v) is 3.31. The van der Waals surface area contributed by atoms with Gasteiger partial charge in [-0.1, -0.05) is 0 Å². The fraction of sp³-hybridized carbons (Fsp3) is 0.100. The van der Waals surface area contributed by atoms with E-state index in [-0.39, 0.29) is 10.2 Å². The summed E-state index contributed by atoms with van der Waals surface area (Å²) in [7, 11) is 0. The van der Waals surface area contributed by atoms with Crippen LogP contribution in [0.4, 0.5) is 14.5 Å². The van der Waals surface area contributed by atoms with Gasteiger partial charge in [-0.05, 0) is 22.0 Å². The Labute approximate surface area is 103 Å². The topological polar surface area (TPSA) is 24.9 Å². The molecule has 0 aliphatic carbocycles. The second-order valence-corrected chi connectivity index (χ2v) is 4.86. The maximum absolute atomic E-state index is 13.3. The van der Waals surface area contributed by atoms with E-state index in [0.29, 0.717) is 6.54 Å². The highest BCUT2D eigenvalue weighted by Crippen LogP contribution is 2.24. The second-order valence-electron chi connectivity index (χ2n) is 3.03. The van der Waals surface area contributed by atoms with Crippen molar-refractivity contribution in [2.75, 3.05) is 5.32 Å². The van der Waals surface area contributed by atoms with Gasteiger partial charge in [0.05, 0.1) is 16.7 Å². The van der Waals surface area contributed by atoms with Crippen LogP contribution >= 0.6 is 27.3 Å². The van der Waals surface area contributed by atoms with Crippen LogP contribution in [-0.4, -0.2) is 4.98 Å². The van der Waals surface area contributed by atoms with Crippen LogP contribution in [0.1, 0.15) is 5.01 Å². The third kappa shape index (κ3) is 2.56. The molecular weight excluding hydrogens is 298 g/mol. The van der Waals surface area contributed by atoms with Crippen LogP contribution < -0.4 is 5.32 Å². The molecule has 0 saturated heterocycles. The van der Waals surface area contributed by atoms with Gasteiger partial charge in [-0.25, -0.2) is 13.8 Å². The fourth-order valence-electron chi connectivity index (χ4n) is 1.17. The Bertz CT molecular complexity index is 488. The van der Waals surface area contributed by atoms with Crippen molar-refractivity contribution in [2.45, 2.75) is 6.54 Å². The Morgan fingerprint density at radius 2 is 2.12 bits per heavy atom. The van der Waals surface area contributed by atoms with Gasteiger partial charge in [0.1, 0.15) is 16.6 Å². The first kappa shape index (κ1) is 11.5. The summed E-state index contributed by atoms with van der Waals surface area (Å²) in [6.45, 7) is 0.423. The number of halogens is 3. The van der Waals surface area contributed by atoms with E-state index in [1.165, 1.54) is 17.4 Å². The highest BCUT2D eigenvalue weighted by atomic mass is 79.9. The van der Waals surface area contributed by atoms with Crippen LogP contribution in [0.5, 0.6) is 0 Å². The summed E-state index contributed by atoms with van der Waals surface area (Å²) in [5, 5.41) is 5.55. The van der Waals surface area contributed by atoms with Crippen molar-refractivity contribution >= 4 is 33.0 Å². The Kier molecular flexibility index (Phi) is 3.50. The SMILES string of the molecule is Fc1cc(F)c(NCc2nccs2)cc1Br. The Morgan fingerprint density at radius 3 is 2.81 bits per heavy atom. The highest BCUT2D eigenvalue weighted by molar-refractivity contribution is 9.10. The molecule has 0 aliphatic heterocycles. The quantitative estimate of drug-likeness (QED) is 0.873. The first-order valence-corrected chi connectivity index (χ1v) is 6.11. The molecule has 0 spiro atoms. The standard InChI is InChI=1S/C10H7BrF2N2S/c11-6-3-9(8(13)4-7(6)12)15-5-10-14-1-2-16-10/h1-4,15H,5H2. The minimum Gasteiger partial charge on any atom is -0.376 e. The summed E-state index contributed by atoms with van der Waals surface area (Å²) >= 11 is 4.48. The zero-order valence-electron chi connectivity index (χ0n) is 8.01. The van der Waals surface area contributed by atoms with Gasteiger partial charge in [-0.2, -0.15) is 0 Å². The highest BCUT2D eigenvalue weighted by Gasteiger charge is 2.08. The van der Waals surface area contributed by atoms with E-state index in [9.17, 15) is 8.78 Å². The van der Waals surface area contributed by atoms with E-state index in [2.05, 4.69) is 26.2 Å². The van der Waals surface area contributed by atoms with E-state index in [1.807, 2.05) is 5.38 Å². The number of rotatable bonds is 3. The number of benzene rings is 1. The zero-order chi connectivity index (χ0) is 11.5. The minimum atomic E-state index is -0.614. The van der Waals surface area contributed by atoms with E-state index < -0.39 is 11.6 Å². The van der Waals surface area contributed by atoms with Crippen molar-refractivity contribution in [3.8, 4) is 0 Å². The molecule has 2 nitrogen and oxygen atoms in total. The Morgan fingerprint density at radius 1 is 1.31 bits per heavy atom. The van der Waals surface area contributed by atoms with Gasteiger partial charge in [-0.3, -0.25) is 0 Å². The van der Waals surface area contributed by atoms with Gasteiger partial charge < -0.3 is 5.32 Å². The molecule has 6 heteroatoms. The van der Waals surface area contributed by atoms with Gasteiger partial charge in [0.2, 0.25) is 0 Å². The van der Waals surface area contributed by atoms with Crippen LogP contribution in [-0.2, 0) is 6.54 Å². The molecule has 1 aromatic carbocycles. The largest absolute Gasteiger partial charge is 0.376 e. The van der Waals surface area contributed by atoms with E-state index in [1.54, 1.807) is 6.20 Å². The molecule has 1 heterocycles. The molecular formula is C10H7BrF2N2S. The van der Waals surface area contributed by atoms with Gasteiger partial charge in [0.15, 0.2) is 0 Å². The summed E-state index contributed by atoms with van der Waals surface area (Å²) < 4.78 is 26.5. The lowest BCUT2D eigenvalue weighted by molar-refractivity contribution is 0.580. The second kappa shape index (κ2) is 4.88. The molecule has 0 aliphatic rings. The van der Waals surface area contributed by atoms with Crippen molar-refractivity contribution in [3.05, 3.63) is 44.8 Å². The van der Waals surface area contributed by atoms with Crippen LogP contribution in [0, 0.1) is 11.6 Å². The van der Waals surface area contributed by atoms with Gasteiger partial charge in [-0.15, -0.1) is 11.3 Å². The normalized spacial score (nSPS) is 10.4. The average molecular weight is 305 g/mol. The molecule has 16 heavy (non-hydrogen) atoms. The molecule has 0 radical (unpaired) electrons. The maximum atomic E-state index is 13.3. The van der Waals surface area contributed by atoms with Gasteiger partial charge >= 0.3 is 0 Å². The summed E-state index contributed by atoms with van der Waals surface area (Å²) in [6, 6.07) is 2.21. The van der Waals surface area contributed by atoms with E-state index in [0.717, 1.165) is 11.1 Å². The maximum Gasteiger partial charge on any atom is 0.149 e. The smallest absolute Gasteiger partial charge is 0.149 e. The summed E-state index contributed by atoms with van der Waals surface area (Å²) in [4.78, 5) is 4.05. The molecule has 84 valence electrons. The van der Waals surface area contributed by atoms with Crippen LogP contribution in [0.25, 0.3) is 0 Å². The monoisotopic (exact) mass is 304 g/mol. The molecule has 1 N–H and O–H groups in total. The number of aromatic nitrogens is 1. The van der Waals surface area contributed by atoms with Crippen LogP contribution in [0.15, 0.2) is 28.2 Å². The number of anilines is 1. The van der Waals surface area contributed by atoms with Crippen LogP contribution in [0.2, 0.25) is 0 Å². The summed E-state index contributed by atoms with van der Waals surface area (Å²) in [5.74, 6) is -1.23. The first-order valence-electron chi connectivity index (χ1n) is 4.43. The zero-order valence-corrected chi connectivity index (χ0v) is 10.4. The third-order valence-electron chi connectivity index (χ3n) is 1.92. The molecule has 0 bridgehead atoms. The van der Waals surface area contributed by atoms with Gasteiger partial charge in [0.25, 0.3) is 0 Å². The molecule has 2 rings (SSSR count). The summed E-state index contributed by atoms with van der Waals surface area (Å²) in [6.07, 6.45) is 1.68. The number of hydrogen-bond donors (Lipinski definition) is 1. The van der Waals surface area contributed by atoms with E-state index in [4.69, 9.17) is 0 Å². The summed E-state index contributed by atoms with van der Waals surface area (Å²) in [5.41, 5.74) is 0.253. The van der Waals surface area contributed by atoms with Gasteiger partial charge in [0, 0.05) is 17.6 Å². The molecule has 0 saturated carbocycles. The molecule has 0 atom stereocenters. The van der Waals surface area contributed by atoms with Crippen molar-refractivity contribution < 1.29 is 8.78 Å². The minimum absolute atomic E-state index is 0.232. The number of nitrogens with zero attached hydrogens (tertiary/aromatic N) is 1. The first-order chi connectivity index (χ1) is 7.66. The molecule has 2 aromatic rings. The fourth-order valence-corrected chi connectivity index (χ4v) is 2.07. The van der Waals surface area contributed by atoms with Crippen molar-refractivity contribution in [1.29, 1.82) is 0 Å². The Balaban J connectivity index is 2.12. The average Bonchev–Trinajstić information content (AvgIpc) is 2.74. The lowest BCUT2D eigenvalue weighted by Gasteiger charge is -2.06. The predicted molar refractivity (Wildman–Crippen MR) is 63.5 cm³/mol. The Hall–Kier alpha value is -1.01. The van der Waals surface area contributed by atoms with Crippen molar-refractivity contribution in [2.24, 2.45) is 0 Å². The number of thiazole rings is 1. The molecule has 1 aromatic heterocycles. The molecule has 0 unspecified atom stereocenters. The number of hydrogen-bond acceptors (Lipinski definition) is 3.